The topological polar surface area (TPSA) is 89.3 Å². The maximum Gasteiger partial charge on any atom is 0.265 e. The maximum atomic E-state index is 11.8. The van der Waals surface area contributed by atoms with Crippen LogP contribution in [0, 0.1) is 0 Å². The van der Waals surface area contributed by atoms with Gasteiger partial charge in [0.15, 0.2) is 11.9 Å². The molecule has 7 heteroatoms. The molecule has 2 aromatic rings. The van der Waals surface area contributed by atoms with E-state index in [1.807, 2.05) is 25.1 Å². The van der Waals surface area contributed by atoms with Gasteiger partial charge in [0.05, 0.1) is 12.2 Å². The first-order valence-corrected chi connectivity index (χ1v) is 8.81. The third-order valence-electron chi connectivity index (χ3n) is 4.68. The fourth-order valence-electron chi connectivity index (χ4n) is 2.90. The number of ether oxygens (including phenoxy) is 1. The number of nitrogens with one attached hydrogen (secondary N) is 2. The molecule has 1 aliphatic carbocycles. The van der Waals surface area contributed by atoms with Gasteiger partial charge < -0.3 is 19.9 Å². The zero-order valence-corrected chi connectivity index (χ0v) is 14.4. The van der Waals surface area contributed by atoms with Crippen LogP contribution < -0.4 is 15.4 Å². The summed E-state index contributed by atoms with van der Waals surface area (Å²) in [5.41, 5.74) is 1.79. The molecule has 1 aromatic carbocycles. The highest BCUT2D eigenvalue weighted by molar-refractivity contribution is 5.97. The normalized spacial score (nSPS) is 20.6. The minimum Gasteiger partial charge on any atom is -0.478 e. The van der Waals surface area contributed by atoms with Crippen LogP contribution in [-0.2, 0) is 11.3 Å². The van der Waals surface area contributed by atoms with Crippen LogP contribution in [0.4, 0.5) is 5.69 Å². The number of amides is 1. The molecule has 1 amide bonds. The number of anilines is 1. The molecule has 2 unspecified atom stereocenters. The van der Waals surface area contributed by atoms with Crippen molar-refractivity contribution in [3.8, 4) is 5.75 Å². The molecule has 132 valence electrons. The lowest BCUT2D eigenvalue weighted by atomic mass is 10.1. The Bertz CT molecular complexity index is 784. The molecule has 1 aromatic heterocycles. The monoisotopic (exact) mass is 342 g/mol. The Morgan fingerprint density at radius 3 is 3.00 bits per heavy atom. The summed E-state index contributed by atoms with van der Waals surface area (Å²) < 4.78 is 11.1. The molecule has 2 heterocycles. The molecule has 1 aliphatic heterocycles. The van der Waals surface area contributed by atoms with Gasteiger partial charge in [0.2, 0.25) is 5.89 Å². The number of nitrogens with zero attached hydrogens (tertiary/aromatic N) is 2. The van der Waals surface area contributed by atoms with Gasteiger partial charge >= 0.3 is 0 Å². The lowest BCUT2D eigenvalue weighted by molar-refractivity contribution is -0.123. The van der Waals surface area contributed by atoms with Crippen LogP contribution in [0.15, 0.2) is 22.7 Å². The predicted octanol–water partition coefficient (Wildman–Crippen LogP) is 2.91. The number of carbonyl (C=O) groups excluding carboxylic acids is 1. The summed E-state index contributed by atoms with van der Waals surface area (Å²) in [4.78, 5) is 16.3. The highest BCUT2D eigenvalue weighted by Crippen LogP contribution is 2.38. The molecule has 0 spiro atoms. The molecule has 25 heavy (non-hydrogen) atoms. The number of carbonyl (C=O) groups is 1. The lowest BCUT2D eigenvalue weighted by Gasteiger charge is -2.26. The Hall–Kier alpha value is -2.41. The lowest BCUT2D eigenvalue weighted by Crippen LogP contribution is -2.36. The third kappa shape index (κ3) is 3.37. The molecule has 2 N–H and O–H groups in total. The first-order chi connectivity index (χ1) is 12.1. The molecule has 4 rings (SSSR count). The highest BCUT2D eigenvalue weighted by Gasteiger charge is 2.29. The number of hydrogen-bond donors (Lipinski definition) is 2. The number of hydrogen-bond acceptors (Lipinski definition) is 6. The zero-order chi connectivity index (χ0) is 17.4. The van der Waals surface area contributed by atoms with Gasteiger partial charge in [0.1, 0.15) is 5.75 Å². The zero-order valence-electron chi connectivity index (χ0n) is 14.4. The predicted molar refractivity (Wildman–Crippen MR) is 91.3 cm³/mol. The second kappa shape index (κ2) is 6.48. The molecular weight excluding hydrogens is 320 g/mol. The second-order valence-electron chi connectivity index (χ2n) is 6.68. The highest BCUT2D eigenvalue weighted by atomic mass is 16.5. The van der Waals surface area contributed by atoms with Crippen molar-refractivity contribution in [2.45, 2.75) is 57.7 Å². The number of benzene rings is 1. The van der Waals surface area contributed by atoms with E-state index in [4.69, 9.17) is 9.26 Å². The van der Waals surface area contributed by atoms with Crippen molar-refractivity contribution in [3.63, 3.8) is 0 Å². The van der Waals surface area contributed by atoms with Gasteiger partial charge in [-0.05, 0) is 43.9 Å². The van der Waals surface area contributed by atoms with Gasteiger partial charge in [-0.15, -0.1) is 0 Å². The van der Waals surface area contributed by atoms with Gasteiger partial charge in [-0.2, -0.15) is 4.98 Å². The molecule has 1 fully saturated rings. The third-order valence-corrected chi connectivity index (χ3v) is 4.68. The van der Waals surface area contributed by atoms with E-state index in [1.54, 1.807) is 0 Å². The van der Waals surface area contributed by atoms with Crippen molar-refractivity contribution in [3.05, 3.63) is 35.5 Å². The summed E-state index contributed by atoms with van der Waals surface area (Å²) in [6.45, 7) is 4.52. The van der Waals surface area contributed by atoms with Gasteiger partial charge in [-0.25, -0.2) is 0 Å². The molecule has 1 saturated carbocycles. The molecular formula is C18H22N4O3. The Morgan fingerprint density at radius 2 is 2.24 bits per heavy atom. The van der Waals surface area contributed by atoms with Crippen LogP contribution in [0.2, 0.25) is 0 Å². The first-order valence-electron chi connectivity index (χ1n) is 8.81. The maximum absolute atomic E-state index is 11.8. The minimum absolute atomic E-state index is 0.0860. The summed E-state index contributed by atoms with van der Waals surface area (Å²) in [6, 6.07) is 5.92. The average Bonchev–Trinajstić information content (AvgIpc) is 3.37. The SMILES string of the molecule is CCC1Oc2cc(C(C)NCc3nc(C4CC4)no3)ccc2NC1=O. The van der Waals surface area contributed by atoms with Crippen LogP contribution in [0.3, 0.4) is 0 Å². The van der Waals surface area contributed by atoms with Gasteiger partial charge in [0, 0.05) is 12.0 Å². The van der Waals surface area contributed by atoms with Crippen LogP contribution >= 0.6 is 0 Å². The standard InChI is InChI=1S/C18H22N4O3/c1-3-14-18(23)20-13-7-6-12(8-15(13)24-14)10(2)19-9-16-21-17(22-25-16)11-4-5-11/h6-8,10-11,14,19H,3-5,9H2,1-2H3,(H,20,23). The van der Waals surface area contributed by atoms with E-state index < -0.39 is 6.10 Å². The number of rotatable bonds is 6. The molecule has 2 atom stereocenters. The molecule has 0 saturated heterocycles. The number of fused-ring (bicyclic) bond motifs is 1. The molecule has 0 radical (unpaired) electrons. The fourth-order valence-corrected chi connectivity index (χ4v) is 2.90. The van der Waals surface area contributed by atoms with E-state index >= 15 is 0 Å². The summed E-state index contributed by atoms with van der Waals surface area (Å²) >= 11 is 0. The van der Waals surface area contributed by atoms with Crippen molar-refractivity contribution in [1.82, 2.24) is 15.5 Å². The average molecular weight is 342 g/mol. The number of aromatic nitrogens is 2. The van der Waals surface area contributed by atoms with Crippen LogP contribution in [0.25, 0.3) is 0 Å². The molecule has 2 aliphatic rings. The summed E-state index contributed by atoms with van der Waals surface area (Å²) in [5, 5.41) is 10.3. The Balaban J connectivity index is 1.41. The second-order valence-corrected chi connectivity index (χ2v) is 6.68. The van der Waals surface area contributed by atoms with E-state index in [0.29, 0.717) is 30.5 Å². The summed E-state index contributed by atoms with van der Waals surface area (Å²) in [7, 11) is 0. The Kier molecular flexibility index (Phi) is 4.17. The van der Waals surface area contributed by atoms with Crippen molar-refractivity contribution in [1.29, 1.82) is 0 Å². The van der Waals surface area contributed by atoms with E-state index in [1.165, 1.54) is 0 Å². The Morgan fingerprint density at radius 1 is 1.40 bits per heavy atom. The van der Waals surface area contributed by atoms with Crippen molar-refractivity contribution in [2.24, 2.45) is 0 Å². The van der Waals surface area contributed by atoms with Gasteiger partial charge in [-0.3, -0.25) is 4.79 Å². The van der Waals surface area contributed by atoms with Crippen molar-refractivity contribution < 1.29 is 14.1 Å². The fraction of sp³-hybridized carbons (Fsp3) is 0.500. The summed E-state index contributed by atoms with van der Waals surface area (Å²) in [5.74, 6) is 2.56. The van der Waals surface area contributed by atoms with E-state index in [9.17, 15) is 4.79 Å². The first kappa shape index (κ1) is 16.1. The van der Waals surface area contributed by atoms with Gasteiger partial charge in [-0.1, -0.05) is 18.1 Å². The minimum atomic E-state index is -0.426. The largest absolute Gasteiger partial charge is 0.478 e. The van der Waals surface area contributed by atoms with Gasteiger partial charge in [0.25, 0.3) is 5.91 Å². The molecule has 0 bridgehead atoms. The van der Waals surface area contributed by atoms with Crippen LogP contribution in [-0.4, -0.2) is 22.2 Å². The Labute approximate surface area is 146 Å². The van der Waals surface area contributed by atoms with Crippen molar-refractivity contribution in [2.75, 3.05) is 5.32 Å². The van der Waals surface area contributed by atoms with Crippen molar-refractivity contribution >= 4 is 11.6 Å². The van der Waals surface area contributed by atoms with Crippen LogP contribution in [0.1, 0.15) is 62.3 Å². The molecule has 7 nitrogen and oxygen atoms in total. The van der Waals surface area contributed by atoms with E-state index in [2.05, 4.69) is 27.7 Å². The van der Waals surface area contributed by atoms with E-state index in [-0.39, 0.29) is 11.9 Å². The summed E-state index contributed by atoms with van der Waals surface area (Å²) in [6.07, 6.45) is 2.54. The smallest absolute Gasteiger partial charge is 0.265 e. The van der Waals surface area contributed by atoms with Crippen LogP contribution in [0.5, 0.6) is 5.75 Å². The quantitative estimate of drug-likeness (QED) is 0.839. The van der Waals surface area contributed by atoms with E-state index in [0.717, 1.165) is 29.9 Å².